The summed E-state index contributed by atoms with van der Waals surface area (Å²) in [6.07, 6.45) is 6.56. The molecule has 3 nitrogen and oxygen atoms in total. The second-order valence-electron chi connectivity index (χ2n) is 6.23. The summed E-state index contributed by atoms with van der Waals surface area (Å²) in [6.45, 7) is 4.58. The van der Waals surface area contributed by atoms with E-state index >= 15 is 0 Å². The monoisotopic (exact) mass is 273 g/mol. The van der Waals surface area contributed by atoms with E-state index in [9.17, 15) is 0 Å². The molecule has 0 bridgehead atoms. The van der Waals surface area contributed by atoms with Crippen molar-refractivity contribution in [1.29, 1.82) is 0 Å². The van der Waals surface area contributed by atoms with Gasteiger partial charge in [0.2, 0.25) is 0 Å². The van der Waals surface area contributed by atoms with E-state index in [0.717, 1.165) is 26.2 Å². The van der Waals surface area contributed by atoms with Crippen LogP contribution in [0, 0.1) is 0 Å². The zero-order valence-corrected chi connectivity index (χ0v) is 12.4. The standard InChI is InChI=1S/C17H27N3/c18-16-9-5-2-6-10-17(16)20-13-11-19(12-14-20)15-7-3-1-4-8-15/h1,3-4,7-8,16-17H,2,5-6,9-14,18H2. The van der Waals surface area contributed by atoms with E-state index in [1.54, 1.807) is 0 Å². The van der Waals surface area contributed by atoms with Gasteiger partial charge in [-0.25, -0.2) is 0 Å². The Kier molecular flexibility index (Phi) is 4.58. The van der Waals surface area contributed by atoms with Crippen molar-refractivity contribution in [2.75, 3.05) is 31.1 Å². The summed E-state index contributed by atoms with van der Waals surface area (Å²) in [7, 11) is 0. The Bertz CT molecular complexity index is 398. The summed E-state index contributed by atoms with van der Waals surface area (Å²) in [5, 5.41) is 0. The number of benzene rings is 1. The van der Waals surface area contributed by atoms with Crippen molar-refractivity contribution in [2.24, 2.45) is 5.73 Å². The molecule has 2 unspecified atom stereocenters. The van der Waals surface area contributed by atoms with E-state index in [2.05, 4.69) is 40.1 Å². The zero-order valence-electron chi connectivity index (χ0n) is 12.4. The summed E-state index contributed by atoms with van der Waals surface area (Å²) in [6, 6.07) is 11.8. The molecule has 2 atom stereocenters. The normalized spacial score (nSPS) is 29.1. The minimum atomic E-state index is 0.390. The fourth-order valence-electron chi connectivity index (χ4n) is 3.72. The van der Waals surface area contributed by atoms with Crippen LogP contribution in [0.4, 0.5) is 5.69 Å². The minimum Gasteiger partial charge on any atom is -0.369 e. The van der Waals surface area contributed by atoms with Crippen LogP contribution in [0.2, 0.25) is 0 Å². The van der Waals surface area contributed by atoms with Gasteiger partial charge >= 0.3 is 0 Å². The van der Waals surface area contributed by atoms with Crippen molar-refractivity contribution < 1.29 is 0 Å². The van der Waals surface area contributed by atoms with Crippen LogP contribution >= 0.6 is 0 Å². The Morgan fingerprint density at radius 1 is 0.850 bits per heavy atom. The highest BCUT2D eigenvalue weighted by Gasteiger charge is 2.28. The molecule has 0 radical (unpaired) electrons. The van der Waals surface area contributed by atoms with Gasteiger partial charge in [0.25, 0.3) is 0 Å². The third-order valence-corrected chi connectivity index (χ3v) is 4.94. The van der Waals surface area contributed by atoms with Crippen molar-refractivity contribution in [3.05, 3.63) is 30.3 Å². The molecule has 3 heteroatoms. The van der Waals surface area contributed by atoms with Crippen LogP contribution in [0.1, 0.15) is 32.1 Å². The molecule has 1 aliphatic carbocycles. The third kappa shape index (κ3) is 3.15. The van der Waals surface area contributed by atoms with E-state index < -0.39 is 0 Å². The van der Waals surface area contributed by atoms with Crippen LogP contribution in [-0.4, -0.2) is 43.2 Å². The lowest BCUT2D eigenvalue weighted by Gasteiger charge is -2.41. The molecule has 1 aliphatic heterocycles. The molecule has 1 aromatic carbocycles. The lowest BCUT2D eigenvalue weighted by Crippen LogP contribution is -2.55. The van der Waals surface area contributed by atoms with Crippen molar-refractivity contribution in [1.82, 2.24) is 4.90 Å². The Balaban J connectivity index is 1.58. The van der Waals surface area contributed by atoms with E-state index in [1.165, 1.54) is 37.8 Å². The maximum absolute atomic E-state index is 6.40. The molecule has 20 heavy (non-hydrogen) atoms. The van der Waals surface area contributed by atoms with E-state index in [1.807, 2.05) is 0 Å². The molecule has 110 valence electrons. The summed E-state index contributed by atoms with van der Waals surface area (Å²) >= 11 is 0. The number of nitrogens with zero attached hydrogens (tertiary/aromatic N) is 2. The molecule has 3 rings (SSSR count). The SMILES string of the molecule is NC1CCCCCC1N1CCN(c2ccccc2)CC1. The summed E-state index contributed by atoms with van der Waals surface area (Å²) in [4.78, 5) is 5.15. The van der Waals surface area contributed by atoms with Crippen molar-refractivity contribution in [2.45, 2.75) is 44.2 Å². The maximum atomic E-state index is 6.40. The zero-order chi connectivity index (χ0) is 13.8. The Labute approximate surface area is 122 Å². The number of anilines is 1. The van der Waals surface area contributed by atoms with Crippen LogP contribution in [0.25, 0.3) is 0 Å². The first-order valence-electron chi connectivity index (χ1n) is 8.14. The quantitative estimate of drug-likeness (QED) is 0.840. The third-order valence-electron chi connectivity index (χ3n) is 4.94. The largest absolute Gasteiger partial charge is 0.369 e. The van der Waals surface area contributed by atoms with Gasteiger partial charge in [0.05, 0.1) is 0 Å². The second-order valence-corrected chi connectivity index (χ2v) is 6.23. The second kappa shape index (κ2) is 6.59. The summed E-state index contributed by atoms with van der Waals surface area (Å²) in [5.74, 6) is 0. The maximum Gasteiger partial charge on any atom is 0.0367 e. The molecule has 2 N–H and O–H groups in total. The Morgan fingerprint density at radius 3 is 2.30 bits per heavy atom. The highest BCUT2D eigenvalue weighted by atomic mass is 15.3. The molecule has 1 saturated heterocycles. The predicted molar refractivity (Wildman–Crippen MR) is 85.1 cm³/mol. The highest BCUT2D eigenvalue weighted by Crippen LogP contribution is 2.23. The van der Waals surface area contributed by atoms with E-state index in [0.29, 0.717) is 12.1 Å². The van der Waals surface area contributed by atoms with Gasteiger partial charge in [-0.3, -0.25) is 4.90 Å². The highest BCUT2D eigenvalue weighted by molar-refractivity contribution is 5.46. The fourth-order valence-corrected chi connectivity index (χ4v) is 3.72. The average molecular weight is 273 g/mol. The van der Waals surface area contributed by atoms with Gasteiger partial charge in [-0.15, -0.1) is 0 Å². The first kappa shape index (κ1) is 13.9. The Morgan fingerprint density at radius 2 is 1.55 bits per heavy atom. The van der Waals surface area contributed by atoms with Gasteiger partial charge in [-0.1, -0.05) is 37.5 Å². The molecule has 2 aliphatic rings. The number of rotatable bonds is 2. The van der Waals surface area contributed by atoms with Crippen LogP contribution in [0.5, 0.6) is 0 Å². The van der Waals surface area contributed by atoms with Crippen LogP contribution in [0.15, 0.2) is 30.3 Å². The van der Waals surface area contributed by atoms with Gasteiger partial charge in [-0.2, -0.15) is 0 Å². The summed E-state index contributed by atoms with van der Waals surface area (Å²) in [5.41, 5.74) is 7.76. The minimum absolute atomic E-state index is 0.390. The van der Waals surface area contributed by atoms with Gasteiger partial charge < -0.3 is 10.6 Å². The molecule has 0 spiro atoms. The number of nitrogens with two attached hydrogens (primary N) is 1. The molecule has 1 heterocycles. The number of piperazine rings is 1. The molecular formula is C17H27N3. The van der Waals surface area contributed by atoms with Gasteiger partial charge in [0.1, 0.15) is 0 Å². The molecule has 1 aromatic rings. The number of hydrogen-bond acceptors (Lipinski definition) is 3. The molecular weight excluding hydrogens is 246 g/mol. The molecule has 0 amide bonds. The lowest BCUT2D eigenvalue weighted by atomic mass is 10.0. The first-order chi connectivity index (χ1) is 9.84. The van der Waals surface area contributed by atoms with Crippen molar-refractivity contribution in [3.63, 3.8) is 0 Å². The average Bonchev–Trinajstić information content (AvgIpc) is 2.73. The number of hydrogen-bond donors (Lipinski definition) is 1. The first-order valence-corrected chi connectivity index (χ1v) is 8.14. The molecule has 1 saturated carbocycles. The van der Waals surface area contributed by atoms with E-state index in [-0.39, 0.29) is 0 Å². The number of para-hydroxylation sites is 1. The smallest absolute Gasteiger partial charge is 0.0367 e. The fraction of sp³-hybridized carbons (Fsp3) is 0.647. The lowest BCUT2D eigenvalue weighted by molar-refractivity contribution is 0.154. The Hall–Kier alpha value is -1.06. The summed E-state index contributed by atoms with van der Waals surface area (Å²) < 4.78 is 0. The van der Waals surface area contributed by atoms with Crippen LogP contribution in [-0.2, 0) is 0 Å². The van der Waals surface area contributed by atoms with Gasteiger partial charge in [-0.05, 0) is 25.0 Å². The van der Waals surface area contributed by atoms with Crippen LogP contribution < -0.4 is 10.6 Å². The van der Waals surface area contributed by atoms with Crippen molar-refractivity contribution in [3.8, 4) is 0 Å². The van der Waals surface area contributed by atoms with Crippen molar-refractivity contribution >= 4 is 5.69 Å². The van der Waals surface area contributed by atoms with Gasteiger partial charge in [0, 0.05) is 44.0 Å². The predicted octanol–water partition coefficient (Wildman–Crippen LogP) is 2.47. The van der Waals surface area contributed by atoms with Gasteiger partial charge in [0.15, 0.2) is 0 Å². The van der Waals surface area contributed by atoms with E-state index in [4.69, 9.17) is 5.73 Å². The topological polar surface area (TPSA) is 32.5 Å². The molecule has 2 fully saturated rings. The van der Waals surface area contributed by atoms with Crippen LogP contribution in [0.3, 0.4) is 0 Å². The molecule has 0 aromatic heterocycles.